The van der Waals surface area contributed by atoms with Crippen molar-refractivity contribution in [3.05, 3.63) is 102 Å². The molecule has 206 valence electrons. The molecular weight excluding hydrogens is 528 g/mol. The number of amides is 1. The van der Waals surface area contributed by atoms with Crippen LogP contribution in [0.25, 0.3) is 0 Å². The fraction of sp³-hybridized carbons (Fsp3) is 0.167. The molecule has 0 fully saturated rings. The lowest BCUT2D eigenvalue weighted by Gasteiger charge is -2.23. The molecule has 4 N–H and O–H groups in total. The van der Waals surface area contributed by atoms with E-state index in [-0.39, 0.29) is 10.8 Å². The molecule has 4 aromatic carbocycles. The van der Waals surface area contributed by atoms with Crippen LogP contribution in [0.3, 0.4) is 0 Å². The van der Waals surface area contributed by atoms with Crippen LogP contribution in [0.4, 0.5) is 22.7 Å². The van der Waals surface area contributed by atoms with Crippen molar-refractivity contribution in [3.63, 3.8) is 0 Å². The second kappa shape index (κ2) is 11.2. The number of nitrogens with one attached hydrogen (secondary N) is 2. The Kier molecular flexibility index (Phi) is 7.52. The third kappa shape index (κ3) is 5.26. The predicted octanol–water partition coefficient (Wildman–Crippen LogP) is 4.90. The normalized spacial score (nSPS) is 12.5. The average molecular weight is 559 g/mol. The molecule has 1 amide bonds. The van der Waals surface area contributed by atoms with Gasteiger partial charge in [0.15, 0.2) is 11.5 Å². The maximum Gasteiger partial charge on any atom is 0.264 e. The van der Waals surface area contributed by atoms with Crippen LogP contribution in [-0.4, -0.2) is 35.1 Å². The number of carbonyl (C=O) groups is 1. The second-order valence-corrected chi connectivity index (χ2v) is 11.1. The van der Waals surface area contributed by atoms with Gasteiger partial charge in [0.25, 0.3) is 15.9 Å². The first kappa shape index (κ1) is 26.9. The first-order valence-electron chi connectivity index (χ1n) is 12.7. The molecule has 0 unspecified atom stereocenters. The van der Waals surface area contributed by atoms with Crippen molar-refractivity contribution in [1.29, 1.82) is 0 Å². The van der Waals surface area contributed by atoms with Gasteiger partial charge in [-0.05, 0) is 60.0 Å². The molecule has 0 bridgehead atoms. The van der Waals surface area contributed by atoms with Crippen LogP contribution < -0.4 is 30.1 Å². The number of carbonyl (C=O) groups excluding carboxylic acids is 1. The van der Waals surface area contributed by atoms with E-state index >= 15 is 0 Å². The zero-order valence-corrected chi connectivity index (χ0v) is 23.0. The van der Waals surface area contributed by atoms with Gasteiger partial charge in [-0.3, -0.25) is 9.10 Å². The van der Waals surface area contributed by atoms with Crippen LogP contribution in [0.15, 0.2) is 89.8 Å². The molecule has 1 aliphatic rings. The number of hydrogen-bond donors (Lipinski definition) is 3. The zero-order chi connectivity index (χ0) is 28.3. The minimum absolute atomic E-state index is 0.124. The Hall–Kier alpha value is -4.70. The fourth-order valence-corrected chi connectivity index (χ4v) is 6.22. The van der Waals surface area contributed by atoms with Gasteiger partial charge < -0.3 is 25.8 Å². The summed E-state index contributed by atoms with van der Waals surface area (Å²) in [4.78, 5) is 12.8. The monoisotopic (exact) mass is 558 g/mol. The van der Waals surface area contributed by atoms with Gasteiger partial charge in [0.1, 0.15) is 0 Å². The van der Waals surface area contributed by atoms with Gasteiger partial charge in [-0.25, -0.2) is 8.42 Å². The van der Waals surface area contributed by atoms with E-state index in [4.69, 9.17) is 15.2 Å². The third-order valence-electron chi connectivity index (χ3n) is 6.80. The SMILES string of the molecule is COc1ccc(S(=O)(=O)N2CCc3cccc(NCc4ccc(C(=O)Nc5ccccc5N)cc4)c32)cc1OC. The van der Waals surface area contributed by atoms with E-state index in [1.54, 1.807) is 42.5 Å². The van der Waals surface area contributed by atoms with Gasteiger partial charge in [-0.2, -0.15) is 0 Å². The summed E-state index contributed by atoms with van der Waals surface area (Å²) in [6, 6.07) is 24.6. The Labute approximate surface area is 233 Å². The van der Waals surface area contributed by atoms with Crippen LogP contribution in [0.5, 0.6) is 11.5 Å². The topological polar surface area (TPSA) is 123 Å². The highest BCUT2D eigenvalue weighted by atomic mass is 32.2. The van der Waals surface area contributed by atoms with Crippen LogP contribution in [0.1, 0.15) is 21.5 Å². The molecule has 40 heavy (non-hydrogen) atoms. The van der Waals surface area contributed by atoms with E-state index in [0.29, 0.717) is 59.3 Å². The van der Waals surface area contributed by atoms with Crippen LogP contribution in [0, 0.1) is 0 Å². The fourth-order valence-electron chi connectivity index (χ4n) is 4.69. The summed E-state index contributed by atoms with van der Waals surface area (Å²) in [5, 5.41) is 6.20. The number of sulfonamides is 1. The van der Waals surface area contributed by atoms with Crippen LogP contribution in [-0.2, 0) is 23.0 Å². The number of nitrogens with zero attached hydrogens (tertiary/aromatic N) is 1. The Morgan fingerprint density at radius 1 is 0.900 bits per heavy atom. The number of nitrogen functional groups attached to an aromatic ring is 1. The molecule has 0 saturated heterocycles. The van der Waals surface area contributed by atoms with Crippen molar-refractivity contribution in [2.45, 2.75) is 17.9 Å². The first-order valence-corrected chi connectivity index (χ1v) is 14.1. The van der Waals surface area contributed by atoms with E-state index in [1.165, 1.54) is 30.7 Å². The molecule has 10 heteroatoms. The molecule has 0 saturated carbocycles. The van der Waals surface area contributed by atoms with E-state index in [9.17, 15) is 13.2 Å². The number of anilines is 4. The minimum atomic E-state index is -3.85. The molecule has 0 aromatic heterocycles. The maximum atomic E-state index is 13.7. The van der Waals surface area contributed by atoms with Gasteiger partial charge in [0.05, 0.1) is 41.9 Å². The number of fused-ring (bicyclic) bond motifs is 1. The van der Waals surface area contributed by atoms with E-state index in [2.05, 4.69) is 10.6 Å². The summed E-state index contributed by atoms with van der Waals surface area (Å²) in [5.74, 6) is 0.548. The van der Waals surface area contributed by atoms with Gasteiger partial charge in [-0.15, -0.1) is 0 Å². The van der Waals surface area contributed by atoms with Gasteiger partial charge in [0.2, 0.25) is 0 Å². The highest BCUT2D eigenvalue weighted by Gasteiger charge is 2.33. The van der Waals surface area contributed by atoms with Crippen molar-refractivity contribution in [1.82, 2.24) is 0 Å². The standard InChI is InChI=1S/C30H30N4O5S/c1-38-27-15-14-23(18-28(27)39-2)40(36,37)34-17-16-21-6-5-9-26(29(21)34)32-19-20-10-12-22(13-11-20)30(35)33-25-8-4-3-7-24(25)31/h3-15,18,32H,16-17,19,31H2,1-2H3,(H,33,35). The Bertz CT molecular complexity index is 1660. The molecule has 0 radical (unpaired) electrons. The van der Waals surface area contributed by atoms with Crippen LogP contribution in [0.2, 0.25) is 0 Å². The lowest BCUT2D eigenvalue weighted by Crippen LogP contribution is -2.29. The Morgan fingerprint density at radius 3 is 2.35 bits per heavy atom. The molecule has 1 aliphatic heterocycles. The highest BCUT2D eigenvalue weighted by molar-refractivity contribution is 7.92. The number of para-hydroxylation sites is 3. The van der Waals surface area contributed by atoms with Gasteiger partial charge in [0, 0.05) is 24.7 Å². The molecule has 9 nitrogen and oxygen atoms in total. The summed E-state index contributed by atoms with van der Waals surface area (Å²) >= 11 is 0. The average Bonchev–Trinajstić information content (AvgIpc) is 3.43. The van der Waals surface area contributed by atoms with Crippen molar-refractivity contribution in [2.24, 2.45) is 0 Å². The third-order valence-corrected chi connectivity index (χ3v) is 8.60. The Morgan fingerprint density at radius 2 is 1.62 bits per heavy atom. The highest BCUT2D eigenvalue weighted by Crippen LogP contribution is 2.40. The first-order chi connectivity index (χ1) is 19.3. The molecule has 4 aromatic rings. The number of benzene rings is 4. The number of ether oxygens (including phenoxy) is 2. The second-order valence-electron chi connectivity index (χ2n) is 9.25. The molecular formula is C30H30N4O5S. The van der Waals surface area contributed by atoms with E-state index in [0.717, 1.165) is 11.1 Å². The summed E-state index contributed by atoms with van der Waals surface area (Å²) in [6.45, 7) is 0.772. The number of methoxy groups -OCH3 is 2. The van der Waals surface area contributed by atoms with E-state index in [1.807, 2.05) is 30.3 Å². The molecule has 1 heterocycles. The largest absolute Gasteiger partial charge is 0.493 e. The summed E-state index contributed by atoms with van der Waals surface area (Å²) in [7, 11) is -0.879. The summed E-state index contributed by atoms with van der Waals surface area (Å²) in [6.07, 6.45) is 0.604. The minimum Gasteiger partial charge on any atom is -0.493 e. The van der Waals surface area contributed by atoms with Crippen molar-refractivity contribution in [2.75, 3.05) is 41.4 Å². The zero-order valence-electron chi connectivity index (χ0n) is 22.2. The predicted molar refractivity (Wildman–Crippen MR) is 157 cm³/mol. The van der Waals surface area contributed by atoms with Crippen molar-refractivity contribution >= 4 is 38.7 Å². The molecule has 0 spiro atoms. The van der Waals surface area contributed by atoms with Crippen molar-refractivity contribution in [3.8, 4) is 11.5 Å². The summed E-state index contributed by atoms with van der Waals surface area (Å²) in [5.41, 5.74) is 10.7. The molecule has 5 rings (SSSR count). The van der Waals surface area contributed by atoms with Gasteiger partial charge in [-0.1, -0.05) is 36.4 Å². The molecule has 0 aliphatic carbocycles. The number of hydrogen-bond acceptors (Lipinski definition) is 7. The van der Waals surface area contributed by atoms with E-state index < -0.39 is 10.0 Å². The maximum absolute atomic E-state index is 13.7. The summed E-state index contributed by atoms with van der Waals surface area (Å²) < 4.78 is 39.4. The van der Waals surface area contributed by atoms with Crippen molar-refractivity contribution < 1.29 is 22.7 Å². The molecule has 0 atom stereocenters. The lowest BCUT2D eigenvalue weighted by atomic mass is 10.1. The lowest BCUT2D eigenvalue weighted by molar-refractivity contribution is 0.102. The smallest absolute Gasteiger partial charge is 0.264 e. The number of nitrogens with two attached hydrogens (primary N) is 1. The Balaban J connectivity index is 1.33. The quantitative estimate of drug-likeness (QED) is 0.250. The van der Waals surface area contributed by atoms with Crippen LogP contribution >= 0.6 is 0 Å². The van der Waals surface area contributed by atoms with Gasteiger partial charge >= 0.3 is 0 Å². The number of rotatable bonds is 9.